The van der Waals surface area contributed by atoms with Gasteiger partial charge in [-0.1, -0.05) is 38.1 Å². The number of carboxylic acid groups (broad SMARTS) is 2. The second kappa shape index (κ2) is 41.1. The molecule has 0 aliphatic carbocycles. The summed E-state index contributed by atoms with van der Waals surface area (Å²) < 4.78 is 0. The minimum absolute atomic E-state index is 0.00182. The Balaban J connectivity index is 1.37. The maximum atomic E-state index is 14.9. The number of nitrogens with zero attached hydrogens (tertiary/aromatic N) is 4. The molecule has 11 atom stereocenters. The minimum atomic E-state index is -1.91. The number of carboxylic acids is 2. The van der Waals surface area contributed by atoms with Gasteiger partial charge in [0.05, 0.1) is 6.42 Å². The minimum Gasteiger partial charge on any atom is -0.508 e. The fourth-order valence-corrected chi connectivity index (χ4v) is 12.1. The Labute approximate surface area is 594 Å². The summed E-state index contributed by atoms with van der Waals surface area (Å²) in [6, 6.07) is -4.51. The lowest BCUT2D eigenvalue weighted by Crippen LogP contribution is -2.61. The number of carbonyl (C=O) groups excluding carboxylic acids is 12. The number of nitrogens with two attached hydrogens (primary N) is 6. The molecule has 0 radical (unpaired) electrons. The van der Waals surface area contributed by atoms with Crippen molar-refractivity contribution in [3.8, 4) is 11.5 Å². The standard InChI is InChI=1S/C66H99N19O18/c1-35(2)31-45(80-55(93)41-22-24-52(89)75-41)57(95)81-46(32-36-14-18-38(86)19-15-36)58(96)76-42(23-25-53(90)91)56(94)82-47(34-51(68)88)59(97)79-43(9-3-4-26-67)62(100)84-29-7-12-49(84)60(98)77-40(10-5-27-73-65(69)70)54(92)78-44(11-6-28-74-66(71)72)63(101)85-30-8-13-50(85)61(99)83-48(64(102)103)33-37-16-20-39(87)21-17-37/h14-21,35,40-50,86-87H,3-13,22-34,67H2,1-2H3,(H2,68,88)(H,75,89)(H,76,96)(H,77,98)(H,78,92)(H,79,97)(H,80,93)(H,81,95)(H,82,94)(H,83,99)(H,90,91)(H,102,103)(H4,69,70,73)(H4,71,72,74)/t40-,41-,42-,43-,44-,45-,46-,47-,48+,49-,50-/m0/s1. The third-order valence-corrected chi connectivity index (χ3v) is 17.3. The molecule has 3 aliphatic rings. The van der Waals surface area contributed by atoms with E-state index in [0.717, 1.165) is 0 Å². The third kappa shape index (κ3) is 27.5. The molecule has 0 saturated carbocycles. The Kier molecular flexibility index (Phi) is 33.1. The summed E-state index contributed by atoms with van der Waals surface area (Å²) in [6.07, 6.45) is -1.38. The number of likely N-dealkylation sites (tertiary alicyclic amines) is 2. The Bertz CT molecular complexity index is 3390. The van der Waals surface area contributed by atoms with Gasteiger partial charge in [-0.3, -0.25) is 72.3 Å². The molecular weight excluding hydrogens is 1350 g/mol. The smallest absolute Gasteiger partial charge is 0.326 e. The second-order valence-electron chi connectivity index (χ2n) is 26.0. The quantitative estimate of drug-likeness (QED) is 0.0168. The predicted molar refractivity (Wildman–Crippen MR) is 370 cm³/mol. The van der Waals surface area contributed by atoms with Gasteiger partial charge in [-0.15, -0.1) is 0 Å². The zero-order chi connectivity index (χ0) is 76.0. The third-order valence-electron chi connectivity index (χ3n) is 17.3. The summed E-state index contributed by atoms with van der Waals surface area (Å²) >= 11 is 0. The van der Waals surface area contributed by atoms with Gasteiger partial charge in [-0.2, -0.15) is 0 Å². The number of hydrogen-bond donors (Lipinski definition) is 19. The van der Waals surface area contributed by atoms with Gasteiger partial charge in [0.25, 0.3) is 0 Å². The Morgan fingerprint density at radius 2 is 0.932 bits per heavy atom. The lowest BCUT2D eigenvalue weighted by Gasteiger charge is -2.32. The highest BCUT2D eigenvalue weighted by atomic mass is 16.4. The average Bonchev–Trinajstić information content (AvgIpc) is 1.76. The first kappa shape index (κ1) is 82.8. The molecule has 37 heteroatoms. The molecule has 12 amide bonds. The molecule has 566 valence electrons. The molecule has 3 aliphatic heterocycles. The van der Waals surface area contributed by atoms with E-state index in [-0.39, 0.29) is 158 Å². The van der Waals surface area contributed by atoms with Gasteiger partial charge in [0.1, 0.15) is 78.0 Å². The van der Waals surface area contributed by atoms with E-state index in [1.807, 2.05) is 0 Å². The number of aromatic hydroxyl groups is 2. The van der Waals surface area contributed by atoms with Crippen molar-refractivity contribution < 1.29 is 87.5 Å². The van der Waals surface area contributed by atoms with Crippen LogP contribution in [-0.4, -0.2) is 224 Å². The van der Waals surface area contributed by atoms with E-state index in [0.29, 0.717) is 24.0 Å². The van der Waals surface area contributed by atoms with Gasteiger partial charge in [0, 0.05) is 51.9 Å². The van der Waals surface area contributed by atoms with Crippen LogP contribution < -0.4 is 82.3 Å². The van der Waals surface area contributed by atoms with Crippen molar-refractivity contribution in [2.45, 2.75) is 202 Å². The Morgan fingerprint density at radius 3 is 1.39 bits per heavy atom. The number of aliphatic carboxylic acids is 2. The molecule has 3 fully saturated rings. The van der Waals surface area contributed by atoms with E-state index in [2.05, 4.69) is 57.8 Å². The van der Waals surface area contributed by atoms with Crippen LogP contribution in [0.2, 0.25) is 0 Å². The van der Waals surface area contributed by atoms with Gasteiger partial charge in [-0.05, 0) is 138 Å². The maximum absolute atomic E-state index is 14.9. The number of aliphatic imine (C=N–C) groups is 2. The lowest BCUT2D eigenvalue weighted by atomic mass is 10.00. The summed E-state index contributed by atoms with van der Waals surface area (Å²) in [5.41, 5.74) is 34.6. The number of rotatable bonds is 42. The molecule has 3 saturated heterocycles. The van der Waals surface area contributed by atoms with Crippen LogP contribution in [0.25, 0.3) is 0 Å². The van der Waals surface area contributed by atoms with Gasteiger partial charge < -0.3 is 112 Å². The van der Waals surface area contributed by atoms with E-state index in [1.165, 1.54) is 58.3 Å². The normalized spacial score (nSPS) is 17.8. The second-order valence-corrected chi connectivity index (χ2v) is 26.0. The molecule has 2 aromatic carbocycles. The first-order valence-electron chi connectivity index (χ1n) is 34.3. The van der Waals surface area contributed by atoms with Crippen LogP contribution in [0.15, 0.2) is 58.5 Å². The SMILES string of the molecule is CC(C)C[C@H](NC(=O)[C@@H]1CCC(=O)N1)C(=O)N[C@@H](Cc1ccc(O)cc1)C(=O)N[C@@H](CCC(=O)O)C(=O)N[C@@H](CC(N)=O)C(=O)N[C@@H](CCCCN)C(=O)N1CCC[C@H]1C(=O)N[C@@H](CCCN=C(N)N)C(=O)N[C@@H](CCCN=C(N)N)C(=O)N1CCC[C@H]1C(=O)N[C@H](Cc1ccc(O)cc1)C(=O)O. The summed E-state index contributed by atoms with van der Waals surface area (Å²) in [5, 5.41) is 62.7. The first-order valence-corrected chi connectivity index (χ1v) is 34.3. The number of phenols is 2. The first-order chi connectivity index (χ1) is 48.8. The van der Waals surface area contributed by atoms with Crippen molar-refractivity contribution in [2.75, 3.05) is 32.7 Å². The summed E-state index contributed by atoms with van der Waals surface area (Å²) in [6.45, 7) is 3.63. The molecule has 3 heterocycles. The van der Waals surface area contributed by atoms with Crippen LogP contribution in [-0.2, 0) is 80.0 Å². The van der Waals surface area contributed by atoms with Crippen LogP contribution in [0.3, 0.4) is 0 Å². The molecule has 103 heavy (non-hydrogen) atoms. The molecule has 25 N–H and O–H groups in total. The van der Waals surface area contributed by atoms with Crippen molar-refractivity contribution in [2.24, 2.45) is 50.3 Å². The molecule has 0 unspecified atom stereocenters. The van der Waals surface area contributed by atoms with Gasteiger partial charge in [-0.25, -0.2) is 4.79 Å². The van der Waals surface area contributed by atoms with Crippen LogP contribution in [0, 0.1) is 5.92 Å². The highest BCUT2D eigenvalue weighted by Crippen LogP contribution is 2.24. The lowest BCUT2D eigenvalue weighted by molar-refractivity contribution is -0.145. The maximum Gasteiger partial charge on any atom is 0.326 e. The van der Waals surface area contributed by atoms with E-state index in [1.54, 1.807) is 13.8 Å². The van der Waals surface area contributed by atoms with E-state index < -0.39 is 163 Å². The van der Waals surface area contributed by atoms with E-state index in [4.69, 9.17) is 34.4 Å². The van der Waals surface area contributed by atoms with Crippen LogP contribution in [0.1, 0.15) is 134 Å². The molecule has 2 aromatic rings. The predicted octanol–water partition coefficient (Wildman–Crippen LogP) is -4.87. The van der Waals surface area contributed by atoms with E-state index >= 15 is 0 Å². The highest BCUT2D eigenvalue weighted by molar-refractivity contribution is 6.00. The number of hydrogen-bond acceptors (Lipinski definition) is 19. The summed E-state index contributed by atoms with van der Waals surface area (Å²) in [4.78, 5) is 203. The van der Waals surface area contributed by atoms with Crippen molar-refractivity contribution in [1.29, 1.82) is 0 Å². The number of benzene rings is 2. The Hall–Kier alpha value is -10.9. The van der Waals surface area contributed by atoms with Gasteiger partial charge in [0.15, 0.2) is 11.9 Å². The molecular formula is C66H99N19O18. The monoisotopic (exact) mass is 1450 g/mol. The Morgan fingerprint density at radius 1 is 0.515 bits per heavy atom. The number of amides is 12. The van der Waals surface area contributed by atoms with Gasteiger partial charge in [0.2, 0.25) is 70.9 Å². The van der Waals surface area contributed by atoms with Crippen LogP contribution >= 0.6 is 0 Å². The van der Waals surface area contributed by atoms with Crippen molar-refractivity contribution in [3.63, 3.8) is 0 Å². The highest BCUT2D eigenvalue weighted by Gasteiger charge is 2.43. The number of guanidine groups is 2. The van der Waals surface area contributed by atoms with Gasteiger partial charge >= 0.3 is 11.9 Å². The molecule has 0 spiro atoms. The number of nitrogens with one attached hydrogen (secondary N) is 9. The fourth-order valence-electron chi connectivity index (χ4n) is 12.1. The fraction of sp³-hybridized carbons (Fsp3) is 0.576. The number of unbranched alkanes of at least 4 members (excludes halogenated alkanes) is 1. The zero-order valence-corrected chi connectivity index (χ0v) is 57.8. The van der Waals surface area contributed by atoms with Crippen LogP contribution in [0.5, 0.6) is 11.5 Å². The molecule has 5 rings (SSSR count). The topological polar surface area (TPSA) is 615 Å². The number of primary amides is 1. The van der Waals surface area contributed by atoms with Crippen molar-refractivity contribution in [3.05, 3.63) is 59.7 Å². The number of carbonyl (C=O) groups is 14. The largest absolute Gasteiger partial charge is 0.508 e. The van der Waals surface area contributed by atoms with E-state index in [9.17, 15) is 87.5 Å². The zero-order valence-electron chi connectivity index (χ0n) is 57.8. The summed E-state index contributed by atoms with van der Waals surface area (Å²) in [7, 11) is 0. The van der Waals surface area contributed by atoms with Crippen LogP contribution in [0.4, 0.5) is 0 Å². The molecule has 0 bridgehead atoms. The molecule has 0 aromatic heterocycles. The summed E-state index contributed by atoms with van der Waals surface area (Å²) in [5.74, 6) is -14.2. The van der Waals surface area contributed by atoms with Crippen molar-refractivity contribution >= 4 is 94.7 Å². The van der Waals surface area contributed by atoms with Crippen molar-refractivity contribution in [1.82, 2.24) is 57.7 Å². The number of phenolic OH excluding ortho intramolecular Hbond substituents is 2. The molecule has 37 nitrogen and oxygen atoms in total. The average molecular weight is 1450 g/mol.